The van der Waals surface area contributed by atoms with Gasteiger partial charge < -0.3 is 29.9 Å². The van der Waals surface area contributed by atoms with Crippen molar-refractivity contribution >= 4 is 70.1 Å². The minimum Gasteiger partial charge on any atom is -0.463 e. The fourth-order valence-electron chi connectivity index (χ4n) is 12.7. The first-order valence-electron chi connectivity index (χ1n) is 35.4. The number of fused-ring (bicyclic) bond motifs is 10. The van der Waals surface area contributed by atoms with Crippen LogP contribution >= 0.6 is 0 Å². The van der Waals surface area contributed by atoms with E-state index in [-0.39, 0.29) is 147 Å². The molecule has 540 valence electrons. The average molecular weight is 1380 g/mol. The second-order valence-corrected chi connectivity index (χ2v) is 31.5. The molecule has 0 saturated heterocycles. The van der Waals surface area contributed by atoms with Crippen LogP contribution in [0, 0.1) is 21.7 Å². The Morgan fingerprint density at radius 1 is 0.410 bits per heavy atom. The highest BCUT2D eigenvalue weighted by Gasteiger charge is 2.43. The molecule has 2 N–H and O–H groups in total. The van der Waals surface area contributed by atoms with Gasteiger partial charge in [-0.05, 0) is 107 Å². The fourth-order valence-corrected chi connectivity index (χ4v) is 12.7. The van der Waals surface area contributed by atoms with Gasteiger partial charge in [0, 0.05) is 48.2 Å². The monoisotopic (exact) mass is 1370 g/mol. The number of rotatable bonds is 30. The zero-order valence-corrected chi connectivity index (χ0v) is 61.0. The van der Waals surface area contributed by atoms with Crippen molar-refractivity contribution in [3.63, 3.8) is 0 Å². The van der Waals surface area contributed by atoms with Gasteiger partial charge in [0.1, 0.15) is 86.4 Å². The number of nitrogens with one attached hydrogen (secondary N) is 2. The number of nitrogens with zero attached hydrogens (tertiary/aromatic N) is 8. The Labute approximate surface area is 590 Å². The Hall–Kier alpha value is -8.82. The van der Waals surface area contributed by atoms with E-state index in [0.29, 0.717) is 37.1 Å². The third-order valence-corrected chi connectivity index (χ3v) is 17.8. The van der Waals surface area contributed by atoms with Gasteiger partial charge in [-0.2, -0.15) is 10.2 Å². The van der Waals surface area contributed by atoms with E-state index in [1.54, 1.807) is 19.8 Å². The lowest BCUT2D eigenvalue weighted by Gasteiger charge is -2.35. The van der Waals surface area contributed by atoms with Gasteiger partial charge in [0.2, 0.25) is 23.6 Å². The average Bonchev–Trinajstić information content (AvgIpc) is 1.49. The molecule has 22 heteroatoms. The van der Waals surface area contributed by atoms with Crippen LogP contribution in [0.15, 0.2) is 118 Å². The Morgan fingerprint density at radius 2 is 0.730 bits per heavy atom. The third kappa shape index (κ3) is 24.8. The number of carbonyl (C=O) groups excluding carboxylic acids is 10. The molecule has 0 radical (unpaired) electrons. The molecule has 4 aliphatic heterocycles. The van der Waals surface area contributed by atoms with E-state index in [2.05, 4.69) is 114 Å². The molecule has 4 unspecified atom stereocenters. The van der Waals surface area contributed by atoms with Gasteiger partial charge in [0.25, 0.3) is 0 Å². The van der Waals surface area contributed by atoms with Crippen LogP contribution in [-0.4, -0.2) is 108 Å². The molecule has 4 aromatic carbocycles. The number of ketones is 4. The number of ether oxygens (including phenoxy) is 2. The number of benzene rings is 4. The van der Waals surface area contributed by atoms with Gasteiger partial charge in [-0.25, -0.2) is 0 Å². The van der Waals surface area contributed by atoms with Crippen LogP contribution in [0.1, 0.15) is 243 Å². The molecular formula is C78H106N10O12. The summed E-state index contributed by atoms with van der Waals surface area (Å²) in [6.07, 6.45) is 7.02. The lowest BCUT2D eigenvalue weighted by atomic mass is 9.87. The van der Waals surface area contributed by atoms with Crippen molar-refractivity contribution in [1.82, 2.24) is 20.7 Å². The van der Waals surface area contributed by atoms with Crippen molar-refractivity contribution < 1.29 is 57.4 Å². The summed E-state index contributed by atoms with van der Waals surface area (Å²) in [5.74, 6) is -2.86. The van der Waals surface area contributed by atoms with Crippen molar-refractivity contribution in [2.24, 2.45) is 42.3 Å². The molecular weight excluding hydrogens is 1270 g/mol. The number of hydrogen-bond donors (Lipinski definition) is 2. The molecule has 22 nitrogen and oxygen atoms in total. The number of para-hydroxylation sites is 2. The predicted octanol–water partition coefficient (Wildman–Crippen LogP) is 14.0. The summed E-state index contributed by atoms with van der Waals surface area (Å²) < 4.78 is 10.4. The van der Waals surface area contributed by atoms with Crippen molar-refractivity contribution in [3.05, 3.63) is 130 Å². The number of Topliss-reactive ketones (excluding diaryl/α,β-unsaturated/α-hetero) is 4. The Bertz CT molecular complexity index is 3610. The summed E-state index contributed by atoms with van der Waals surface area (Å²) in [6, 6.07) is 28.7. The maximum atomic E-state index is 13.8. The molecule has 4 aliphatic rings. The van der Waals surface area contributed by atoms with Gasteiger partial charge in [0.15, 0.2) is 0 Å². The number of anilines is 2. The lowest BCUT2D eigenvalue weighted by molar-refractivity contribution is -0.147. The fraction of sp³-hybridized carbons (Fsp3) is 0.564. The van der Waals surface area contributed by atoms with E-state index in [9.17, 15) is 47.9 Å². The normalized spacial score (nSPS) is 16.8. The smallest absolute Gasteiger partial charge is 0.313 e. The van der Waals surface area contributed by atoms with Crippen molar-refractivity contribution in [3.8, 4) is 0 Å². The van der Waals surface area contributed by atoms with Crippen LogP contribution in [0.5, 0.6) is 0 Å². The third-order valence-electron chi connectivity index (χ3n) is 17.8. The molecule has 0 spiro atoms. The zero-order valence-electron chi connectivity index (χ0n) is 61.0. The maximum Gasteiger partial charge on any atom is 0.313 e. The Balaban J connectivity index is 0.000000281. The Kier molecular flexibility index (Phi) is 28.3. The van der Waals surface area contributed by atoms with E-state index in [0.717, 1.165) is 84.7 Å². The standard InChI is InChI=1S/2C39H53N5O6/c1-38(2,3)19-11-14-28(45)23-34(48)43-25-27-13-7-8-16-30(27)37-36(31-17-9-10-18-32(31)43)41-42-44(37)26-33(47)40-21-22-50-35(49)24-29(46)15-12-20-39(4,5)6;1-38(2,3)19-11-14-28(45)23-34(48)43-25-27-13-7-8-16-30(27)36-37(31-17-9-10-18-32(31)43)44(42-41-36)26-33(47)40-21-22-50-35(49)24-29(46)15-12-20-39(4,5)6/h2*7-10,13,16-18,36-37H,11-12,14-15,19-26H2,1-6H3,(H,40,47). The van der Waals surface area contributed by atoms with Crippen molar-refractivity contribution in [2.45, 2.75) is 223 Å². The summed E-state index contributed by atoms with van der Waals surface area (Å²) >= 11 is 0. The first-order chi connectivity index (χ1) is 47.2. The van der Waals surface area contributed by atoms with Gasteiger partial charge in [0.05, 0.1) is 39.0 Å². The van der Waals surface area contributed by atoms with E-state index < -0.39 is 36.1 Å². The summed E-state index contributed by atoms with van der Waals surface area (Å²) in [7, 11) is 0. The van der Waals surface area contributed by atoms with Crippen LogP contribution < -0.4 is 20.4 Å². The number of amides is 4. The molecule has 4 heterocycles. The topological polar surface area (TPSA) is 276 Å². The van der Waals surface area contributed by atoms with Crippen LogP contribution in [-0.2, 0) is 70.5 Å². The van der Waals surface area contributed by atoms with Crippen LogP contribution in [0.25, 0.3) is 0 Å². The summed E-state index contributed by atoms with van der Waals surface area (Å²) in [4.78, 5) is 131. The lowest BCUT2D eigenvalue weighted by Crippen LogP contribution is -2.39. The quantitative estimate of drug-likeness (QED) is 0.0279. The number of carbonyl (C=O) groups is 10. The summed E-state index contributed by atoms with van der Waals surface area (Å²) in [5.41, 5.74) is 6.95. The minimum atomic E-state index is -0.605. The first-order valence-corrected chi connectivity index (χ1v) is 35.4. The molecule has 100 heavy (non-hydrogen) atoms. The molecule has 4 aromatic rings. The zero-order chi connectivity index (χ0) is 73.0. The van der Waals surface area contributed by atoms with Crippen molar-refractivity contribution in [2.75, 3.05) is 49.2 Å². The summed E-state index contributed by atoms with van der Waals surface area (Å²) in [6.45, 7) is 25.9. The second-order valence-electron chi connectivity index (χ2n) is 31.5. The van der Waals surface area contributed by atoms with Gasteiger partial charge in [-0.15, -0.1) is 0 Å². The molecule has 8 rings (SSSR count). The highest BCUT2D eigenvalue weighted by atomic mass is 16.5. The van der Waals surface area contributed by atoms with E-state index in [1.807, 2.05) is 97.1 Å². The largest absolute Gasteiger partial charge is 0.463 e. The molecule has 0 aromatic heterocycles. The van der Waals surface area contributed by atoms with Gasteiger partial charge in [-0.1, -0.05) is 178 Å². The van der Waals surface area contributed by atoms with Crippen LogP contribution in [0.3, 0.4) is 0 Å². The van der Waals surface area contributed by atoms with Crippen molar-refractivity contribution in [1.29, 1.82) is 0 Å². The van der Waals surface area contributed by atoms with Gasteiger partial charge >= 0.3 is 11.9 Å². The molecule has 4 amide bonds. The SMILES string of the molecule is CC(C)(C)CCCC(=O)CC(=O)OCCNC(=O)CN1N=NC2c3ccccc3CN(C(=O)CC(=O)CCCC(C)(C)C)c3ccccc3C21.CC(C)(C)CCCC(=O)CC(=O)OCCNC(=O)CN1N=NC2c3ccccc3N(C(=O)CC(=O)CCCC(C)(C)C)Cc3ccccc3C21. The number of esters is 2. The molecule has 4 atom stereocenters. The van der Waals surface area contributed by atoms with E-state index in [4.69, 9.17) is 9.47 Å². The second kappa shape index (κ2) is 36.0. The Morgan fingerprint density at radius 3 is 1.14 bits per heavy atom. The predicted molar refractivity (Wildman–Crippen MR) is 382 cm³/mol. The van der Waals surface area contributed by atoms with Crippen LogP contribution in [0.2, 0.25) is 0 Å². The maximum absolute atomic E-state index is 13.8. The van der Waals surface area contributed by atoms with Crippen LogP contribution in [0.4, 0.5) is 11.4 Å². The summed E-state index contributed by atoms with van der Waals surface area (Å²) in [5, 5.41) is 26.8. The molecule has 0 bridgehead atoms. The number of hydrogen-bond acceptors (Lipinski definition) is 18. The molecule has 0 aliphatic carbocycles. The highest BCUT2D eigenvalue weighted by molar-refractivity contribution is 6.07. The minimum absolute atomic E-state index is 0.0490. The molecule has 0 fully saturated rings. The van der Waals surface area contributed by atoms with Gasteiger partial charge in [-0.3, -0.25) is 58.0 Å². The van der Waals surface area contributed by atoms with E-state index in [1.165, 1.54) is 0 Å². The highest BCUT2D eigenvalue weighted by Crippen LogP contribution is 2.50. The van der Waals surface area contributed by atoms with E-state index >= 15 is 0 Å². The molecule has 0 saturated carbocycles. The first kappa shape index (κ1) is 78.5.